The van der Waals surface area contributed by atoms with E-state index < -0.39 is 0 Å². The third-order valence-corrected chi connectivity index (χ3v) is 23.4. The second-order valence-corrected chi connectivity index (χ2v) is 30.8. The monoisotopic (exact) mass is 1370 g/mol. The van der Waals surface area contributed by atoms with Gasteiger partial charge in [0.1, 0.15) is 0 Å². The lowest BCUT2D eigenvalue weighted by Crippen LogP contribution is -2.42. The number of likely N-dealkylation sites (tertiary alicyclic amines) is 6. The van der Waals surface area contributed by atoms with E-state index in [0.29, 0.717) is 44.0 Å². The normalized spacial score (nSPS) is 20.0. The molecule has 546 valence electrons. The number of anilines is 3. The Balaban J connectivity index is 0.000000135. The molecule has 100 heavy (non-hydrogen) atoms. The molecule has 0 radical (unpaired) electrons. The number of aryl methyl sites for hydroxylation is 3. The summed E-state index contributed by atoms with van der Waals surface area (Å²) in [5, 5.41) is 15.4. The van der Waals surface area contributed by atoms with E-state index in [1.54, 1.807) is 21.3 Å². The number of methoxy groups -OCH3 is 3. The number of rotatable bonds is 25. The molecule has 0 atom stereocenters. The van der Waals surface area contributed by atoms with Gasteiger partial charge in [0, 0.05) is 125 Å². The number of piperidine rings is 3. The van der Waals surface area contributed by atoms with Crippen molar-refractivity contribution >= 4 is 49.8 Å². The van der Waals surface area contributed by atoms with Gasteiger partial charge in [0.05, 0.1) is 57.7 Å². The standard InChI is InChI=1S/C29H44N4O2.C27H40N4O2.C26H38N4O2/c1-21(2)33-16-11-22(12-17-33)30-29-23-9-4-5-10-25(23)31-26-20-28(27(34-3)19-24(26)29)35-18-8-15-32-13-6-7-14-32;1-30-15-10-20(11-16-30)28-27-21-8-3-4-9-23(21)29-24-19-26(25(32-2)18-22(24)27)33-17-7-14-31-12-5-6-13-31;1-29-14-9-19(10-15-29)27-26-20-7-5-8-22(20)28-23-18-25(24(31-2)17-21(23)26)32-16-6-13-30-11-3-4-12-30/h19-22H,4-18H2,1-3H3,(H,30,31);18-20H,3-17H2,1-2H3,(H,28,29);17-19H,3-16H2,1-2H3,(H,27,28). The maximum atomic E-state index is 6.25. The van der Waals surface area contributed by atoms with Crippen LogP contribution in [0.3, 0.4) is 0 Å². The average Bonchev–Trinajstić information content (AvgIpc) is 1.13. The summed E-state index contributed by atoms with van der Waals surface area (Å²) in [6.45, 7) is 24.5. The summed E-state index contributed by atoms with van der Waals surface area (Å²) in [5.41, 5.74) is 15.0. The van der Waals surface area contributed by atoms with Crippen molar-refractivity contribution in [2.75, 3.05) is 169 Å². The minimum atomic E-state index is 0.508. The molecular weight excluding hydrogens is 1250 g/mol. The maximum Gasteiger partial charge on any atom is 0.163 e. The fourth-order valence-corrected chi connectivity index (χ4v) is 17.4. The van der Waals surface area contributed by atoms with Gasteiger partial charge in [0.15, 0.2) is 34.5 Å². The van der Waals surface area contributed by atoms with E-state index in [9.17, 15) is 0 Å². The van der Waals surface area contributed by atoms with Crippen molar-refractivity contribution in [3.63, 3.8) is 0 Å². The molecule has 0 unspecified atom stereocenters. The van der Waals surface area contributed by atoms with E-state index in [1.165, 1.54) is 229 Å². The van der Waals surface area contributed by atoms with Gasteiger partial charge >= 0.3 is 0 Å². The Morgan fingerprint density at radius 3 is 0.990 bits per heavy atom. The van der Waals surface area contributed by atoms with Gasteiger partial charge in [-0.3, -0.25) is 15.0 Å². The lowest BCUT2D eigenvalue weighted by molar-refractivity contribution is 0.177. The molecule has 9 heterocycles. The van der Waals surface area contributed by atoms with Gasteiger partial charge in [-0.2, -0.15) is 0 Å². The lowest BCUT2D eigenvalue weighted by atomic mass is 9.91. The Morgan fingerprint density at radius 2 is 0.670 bits per heavy atom. The third kappa shape index (κ3) is 18.2. The minimum absolute atomic E-state index is 0.508. The number of fused-ring (bicyclic) bond motifs is 6. The van der Waals surface area contributed by atoms with Crippen molar-refractivity contribution in [1.29, 1.82) is 0 Å². The van der Waals surface area contributed by atoms with E-state index in [-0.39, 0.29) is 0 Å². The number of ether oxygens (including phenoxy) is 6. The molecule has 3 aliphatic carbocycles. The van der Waals surface area contributed by atoms with E-state index in [0.717, 1.165) is 155 Å². The number of hydrogen-bond acceptors (Lipinski definition) is 18. The first-order valence-corrected chi connectivity index (χ1v) is 39.6. The molecule has 0 spiro atoms. The van der Waals surface area contributed by atoms with Crippen LogP contribution in [-0.4, -0.2) is 222 Å². The number of aromatic nitrogens is 3. The molecule has 6 fully saturated rings. The summed E-state index contributed by atoms with van der Waals surface area (Å²) < 4.78 is 36.0. The number of hydrogen-bond donors (Lipinski definition) is 3. The predicted octanol–water partition coefficient (Wildman–Crippen LogP) is 13.9. The molecule has 18 nitrogen and oxygen atoms in total. The zero-order valence-corrected chi connectivity index (χ0v) is 62.4. The maximum absolute atomic E-state index is 6.25. The van der Waals surface area contributed by atoms with Crippen LogP contribution in [0.5, 0.6) is 34.5 Å². The highest BCUT2D eigenvalue weighted by atomic mass is 16.5. The van der Waals surface area contributed by atoms with Crippen LogP contribution in [0.25, 0.3) is 32.7 Å². The van der Waals surface area contributed by atoms with Crippen LogP contribution in [-0.2, 0) is 38.5 Å². The van der Waals surface area contributed by atoms with Crippen molar-refractivity contribution < 1.29 is 28.4 Å². The van der Waals surface area contributed by atoms with Crippen molar-refractivity contribution in [2.24, 2.45) is 0 Å². The first-order valence-electron chi connectivity index (χ1n) is 39.6. The number of nitrogens with zero attached hydrogens (tertiary/aromatic N) is 9. The number of nitrogens with one attached hydrogen (secondary N) is 3. The second kappa shape index (κ2) is 35.4. The molecule has 3 N–H and O–H groups in total. The largest absolute Gasteiger partial charge is 0.493 e. The summed E-state index contributed by atoms with van der Waals surface area (Å²) in [5.74, 6) is 4.89. The number of pyridine rings is 3. The van der Waals surface area contributed by atoms with Crippen molar-refractivity contribution in [3.8, 4) is 34.5 Å². The van der Waals surface area contributed by atoms with Crippen molar-refractivity contribution in [2.45, 2.75) is 205 Å². The Kier molecular flexibility index (Phi) is 25.5. The summed E-state index contributed by atoms with van der Waals surface area (Å²) in [6, 6.07) is 15.0. The molecule has 3 aromatic carbocycles. The first kappa shape index (κ1) is 72.2. The third-order valence-electron chi connectivity index (χ3n) is 23.4. The van der Waals surface area contributed by atoms with E-state index >= 15 is 0 Å². The second-order valence-electron chi connectivity index (χ2n) is 30.8. The molecule has 18 heteroatoms. The Bertz CT molecular complexity index is 3620. The van der Waals surface area contributed by atoms with Gasteiger partial charge in [-0.1, -0.05) is 0 Å². The van der Waals surface area contributed by atoms with Crippen LogP contribution in [0.2, 0.25) is 0 Å². The summed E-state index contributed by atoms with van der Waals surface area (Å²) in [4.78, 5) is 30.4. The molecular formula is C82H122N12O6. The van der Waals surface area contributed by atoms with Crippen LogP contribution in [0, 0.1) is 0 Å². The summed E-state index contributed by atoms with van der Waals surface area (Å²) in [7, 11) is 9.67. The average molecular weight is 1370 g/mol. The van der Waals surface area contributed by atoms with Gasteiger partial charge in [-0.05, 0) is 295 Å². The highest BCUT2D eigenvalue weighted by molar-refractivity contribution is 5.98. The van der Waals surface area contributed by atoms with Crippen LogP contribution in [0.1, 0.15) is 176 Å². The Labute approximate surface area is 598 Å². The van der Waals surface area contributed by atoms with Crippen LogP contribution >= 0.6 is 0 Å². The van der Waals surface area contributed by atoms with Gasteiger partial charge in [0.25, 0.3) is 0 Å². The molecule has 0 bridgehead atoms. The van der Waals surface area contributed by atoms with E-state index in [1.807, 2.05) is 0 Å². The SMILES string of the molecule is COc1cc2c(NC3CCN(C(C)C)CC3)c3c(nc2cc1OCCCN1CCCC1)CCCC3.COc1cc2c(NC3CCN(C)CC3)c3c(nc2cc1OCCCN1CCCC1)CCC3.COc1cc2c(NC3CCN(C)CC3)c3c(nc2cc1OCCCN1CCCC1)CCCC3. The van der Waals surface area contributed by atoms with Crippen molar-refractivity contribution in [3.05, 3.63) is 70.2 Å². The van der Waals surface area contributed by atoms with Gasteiger partial charge in [-0.15, -0.1) is 0 Å². The van der Waals surface area contributed by atoms with Crippen LogP contribution < -0.4 is 44.4 Å². The molecule has 6 saturated heterocycles. The minimum Gasteiger partial charge on any atom is -0.493 e. The molecule has 3 aromatic heterocycles. The number of benzene rings is 3. The molecule has 15 rings (SSSR count). The smallest absolute Gasteiger partial charge is 0.163 e. The topological polar surface area (TPSA) is 150 Å². The van der Waals surface area contributed by atoms with E-state index in [4.69, 9.17) is 43.4 Å². The molecule has 0 saturated carbocycles. The van der Waals surface area contributed by atoms with Gasteiger partial charge < -0.3 is 73.8 Å². The van der Waals surface area contributed by atoms with E-state index in [2.05, 4.69) is 110 Å². The zero-order chi connectivity index (χ0) is 68.7. The summed E-state index contributed by atoms with van der Waals surface area (Å²) in [6.07, 6.45) is 31.0. The Morgan fingerprint density at radius 1 is 0.370 bits per heavy atom. The summed E-state index contributed by atoms with van der Waals surface area (Å²) >= 11 is 0. The lowest BCUT2D eigenvalue weighted by Gasteiger charge is -2.36. The first-order chi connectivity index (χ1) is 49.0. The molecule has 6 aromatic rings. The Hall–Kier alpha value is -6.15. The molecule has 6 aliphatic heterocycles. The fraction of sp³-hybridized carbons (Fsp3) is 0.671. The quantitative estimate of drug-likeness (QED) is 0.0466. The predicted molar refractivity (Wildman–Crippen MR) is 409 cm³/mol. The van der Waals surface area contributed by atoms with Crippen LogP contribution in [0.15, 0.2) is 36.4 Å². The van der Waals surface area contributed by atoms with Crippen LogP contribution in [0.4, 0.5) is 17.1 Å². The zero-order valence-electron chi connectivity index (χ0n) is 62.4. The van der Waals surface area contributed by atoms with Gasteiger partial charge in [-0.25, -0.2) is 0 Å². The van der Waals surface area contributed by atoms with Gasteiger partial charge in [0.2, 0.25) is 0 Å². The highest BCUT2D eigenvalue weighted by Crippen LogP contribution is 2.44. The fourth-order valence-electron chi connectivity index (χ4n) is 17.4. The molecule has 9 aliphatic rings. The van der Waals surface area contributed by atoms with Crippen molar-refractivity contribution in [1.82, 2.24) is 44.4 Å². The highest BCUT2D eigenvalue weighted by Gasteiger charge is 2.30. The molecule has 0 amide bonds.